The Labute approximate surface area is 200 Å². The fourth-order valence-corrected chi connectivity index (χ4v) is 3.62. The highest BCUT2D eigenvalue weighted by atomic mass is 16.5. The van der Waals surface area contributed by atoms with Crippen LogP contribution < -0.4 is 15.6 Å². The highest BCUT2D eigenvalue weighted by Crippen LogP contribution is 2.26. The summed E-state index contributed by atoms with van der Waals surface area (Å²) in [6, 6.07) is 23.7. The maximum Gasteiger partial charge on any atom is 0.275 e. The van der Waals surface area contributed by atoms with Crippen molar-refractivity contribution in [3.05, 3.63) is 113 Å². The summed E-state index contributed by atoms with van der Waals surface area (Å²) in [4.78, 5) is 25.7. The number of hydrazone groups is 1. The number of carbonyl (C=O) groups excluding carboxylic acids is 1. The van der Waals surface area contributed by atoms with Crippen LogP contribution >= 0.6 is 0 Å². The van der Waals surface area contributed by atoms with E-state index in [1.807, 2.05) is 42.5 Å². The Morgan fingerprint density at radius 3 is 2.54 bits per heavy atom. The van der Waals surface area contributed by atoms with Crippen LogP contribution in [0.3, 0.4) is 0 Å². The van der Waals surface area contributed by atoms with Crippen molar-refractivity contribution < 1.29 is 13.9 Å². The van der Waals surface area contributed by atoms with Crippen LogP contribution in [0.15, 0.2) is 106 Å². The van der Waals surface area contributed by atoms with E-state index in [4.69, 9.17) is 9.15 Å². The number of rotatable bonds is 6. The van der Waals surface area contributed by atoms with Crippen LogP contribution in [0.1, 0.15) is 15.9 Å². The van der Waals surface area contributed by atoms with Crippen LogP contribution in [0.4, 0.5) is 0 Å². The van der Waals surface area contributed by atoms with E-state index in [0.29, 0.717) is 28.0 Å². The molecule has 0 aliphatic heterocycles. The minimum absolute atomic E-state index is 0.222. The predicted molar refractivity (Wildman–Crippen MR) is 133 cm³/mol. The fraction of sp³-hybridized carbons (Fsp3) is 0.0370. The lowest BCUT2D eigenvalue weighted by atomic mass is 10.1. The van der Waals surface area contributed by atoms with Gasteiger partial charge in [-0.1, -0.05) is 30.3 Å². The second kappa shape index (κ2) is 9.48. The number of hydrogen-bond donors (Lipinski definition) is 1. The Hall–Kier alpha value is -4.98. The van der Waals surface area contributed by atoms with Gasteiger partial charge in [-0.2, -0.15) is 10.2 Å². The van der Waals surface area contributed by atoms with Gasteiger partial charge >= 0.3 is 0 Å². The van der Waals surface area contributed by atoms with E-state index in [2.05, 4.69) is 15.6 Å². The number of fused-ring (bicyclic) bond motifs is 1. The van der Waals surface area contributed by atoms with Gasteiger partial charge in [0.2, 0.25) is 5.43 Å². The number of methoxy groups -OCH3 is 1. The molecule has 0 atom stereocenters. The molecule has 8 heteroatoms. The zero-order chi connectivity index (χ0) is 24.2. The van der Waals surface area contributed by atoms with Crippen molar-refractivity contribution in [2.24, 2.45) is 5.10 Å². The van der Waals surface area contributed by atoms with Crippen molar-refractivity contribution >= 4 is 23.1 Å². The number of hydrogen-bond acceptors (Lipinski definition) is 6. The van der Waals surface area contributed by atoms with Crippen molar-refractivity contribution in [3.8, 4) is 22.7 Å². The molecule has 0 unspecified atom stereocenters. The van der Waals surface area contributed by atoms with E-state index in [1.54, 1.807) is 54.4 Å². The first-order valence-electron chi connectivity index (χ1n) is 10.8. The molecule has 2 heterocycles. The molecule has 0 aliphatic carbocycles. The summed E-state index contributed by atoms with van der Waals surface area (Å²) in [5.41, 5.74) is 5.31. The topological polar surface area (TPSA) is 98.7 Å². The van der Waals surface area contributed by atoms with Crippen LogP contribution in [0, 0.1) is 0 Å². The molecular formula is C27H20N4O4. The summed E-state index contributed by atoms with van der Waals surface area (Å²) in [6.07, 6.45) is 4.23. The Morgan fingerprint density at radius 1 is 1.03 bits per heavy atom. The molecule has 2 aromatic heterocycles. The van der Waals surface area contributed by atoms with Crippen molar-refractivity contribution in [1.82, 2.24) is 15.2 Å². The molecule has 0 radical (unpaired) electrons. The number of nitrogens with zero attached hydrogens (tertiary/aromatic N) is 3. The van der Waals surface area contributed by atoms with Crippen molar-refractivity contribution in [1.29, 1.82) is 0 Å². The summed E-state index contributed by atoms with van der Waals surface area (Å²) < 4.78 is 12.4. The van der Waals surface area contributed by atoms with Crippen LogP contribution in [-0.2, 0) is 0 Å². The molecule has 5 aromatic rings. The Balaban J connectivity index is 1.46. The van der Waals surface area contributed by atoms with Crippen LogP contribution in [-0.4, -0.2) is 29.0 Å². The molecule has 0 fully saturated rings. The molecule has 0 saturated carbocycles. The second-order valence-electron chi connectivity index (χ2n) is 7.62. The predicted octanol–water partition coefficient (Wildman–Crippen LogP) is 4.42. The molecule has 172 valence electrons. The third-order valence-corrected chi connectivity index (χ3v) is 5.42. The lowest BCUT2D eigenvalue weighted by Crippen LogP contribution is -2.19. The summed E-state index contributed by atoms with van der Waals surface area (Å²) in [5, 5.41) is 9.07. The Kier molecular flexibility index (Phi) is 5.92. The highest BCUT2D eigenvalue weighted by molar-refractivity contribution is 6.00. The molecule has 0 spiro atoms. The maximum absolute atomic E-state index is 13.1. The summed E-state index contributed by atoms with van der Waals surface area (Å²) in [6.45, 7) is 0. The van der Waals surface area contributed by atoms with Gasteiger partial charge in [-0.3, -0.25) is 9.59 Å². The Bertz CT molecular complexity index is 1590. The van der Waals surface area contributed by atoms with E-state index >= 15 is 0 Å². The van der Waals surface area contributed by atoms with Gasteiger partial charge < -0.3 is 9.15 Å². The van der Waals surface area contributed by atoms with Gasteiger partial charge in [-0.25, -0.2) is 10.1 Å². The van der Waals surface area contributed by atoms with E-state index in [1.165, 1.54) is 12.5 Å². The van der Waals surface area contributed by atoms with Gasteiger partial charge in [0.1, 0.15) is 23.3 Å². The second-order valence-corrected chi connectivity index (χ2v) is 7.62. The number of amides is 1. The van der Waals surface area contributed by atoms with Gasteiger partial charge in [0, 0.05) is 11.8 Å². The van der Waals surface area contributed by atoms with Crippen molar-refractivity contribution in [3.63, 3.8) is 0 Å². The lowest BCUT2D eigenvalue weighted by Gasteiger charge is -2.03. The molecule has 0 bridgehead atoms. The standard InChI is InChI=1S/C27H20N4O4/c1-34-21-13-11-18(12-14-21)25-23(16-31(30-25)20-7-3-2-4-8-20)27(33)29-28-15-19-17-35-24-10-6-5-9-22(24)26(19)32/h2-17H,1H3,(H,29,33)/b28-15+. The van der Waals surface area contributed by atoms with Crippen LogP contribution in [0.25, 0.3) is 27.9 Å². The number of para-hydroxylation sites is 2. The summed E-state index contributed by atoms with van der Waals surface area (Å²) >= 11 is 0. The van der Waals surface area contributed by atoms with Gasteiger partial charge in [0.05, 0.1) is 35.5 Å². The van der Waals surface area contributed by atoms with Gasteiger partial charge in [0.25, 0.3) is 5.91 Å². The van der Waals surface area contributed by atoms with E-state index in [0.717, 1.165) is 11.3 Å². The average Bonchev–Trinajstić information content (AvgIpc) is 3.36. The number of nitrogens with one attached hydrogen (secondary N) is 1. The monoisotopic (exact) mass is 464 g/mol. The molecular weight excluding hydrogens is 444 g/mol. The third-order valence-electron chi connectivity index (χ3n) is 5.42. The maximum atomic E-state index is 13.1. The number of aromatic nitrogens is 2. The minimum atomic E-state index is -0.473. The minimum Gasteiger partial charge on any atom is -0.497 e. The first-order valence-corrected chi connectivity index (χ1v) is 10.8. The fourth-order valence-electron chi connectivity index (χ4n) is 3.62. The molecule has 0 aliphatic rings. The molecule has 3 aromatic carbocycles. The van der Waals surface area contributed by atoms with Crippen molar-refractivity contribution in [2.75, 3.05) is 7.11 Å². The van der Waals surface area contributed by atoms with Gasteiger partial charge in [-0.05, 0) is 48.5 Å². The van der Waals surface area contributed by atoms with E-state index in [9.17, 15) is 9.59 Å². The Morgan fingerprint density at radius 2 is 1.77 bits per heavy atom. The summed E-state index contributed by atoms with van der Waals surface area (Å²) in [5.74, 6) is 0.223. The molecule has 1 N–H and O–H groups in total. The third kappa shape index (κ3) is 4.45. The highest BCUT2D eigenvalue weighted by Gasteiger charge is 2.18. The normalized spacial score (nSPS) is 11.1. The first-order chi connectivity index (χ1) is 17.1. The molecule has 5 rings (SSSR count). The zero-order valence-electron chi connectivity index (χ0n) is 18.7. The van der Waals surface area contributed by atoms with Crippen LogP contribution in [0.2, 0.25) is 0 Å². The smallest absolute Gasteiger partial charge is 0.275 e. The summed E-state index contributed by atoms with van der Waals surface area (Å²) in [7, 11) is 1.59. The zero-order valence-corrected chi connectivity index (χ0v) is 18.7. The average molecular weight is 464 g/mol. The molecule has 0 saturated heterocycles. The molecule has 8 nitrogen and oxygen atoms in total. The lowest BCUT2D eigenvalue weighted by molar-refractivity contribution is 0.0955. The van der Waals surface area contributed by atoms with Crippen LogP contribution in [0.5, 0.6) is 5.75 Å². The van der Waals surface area contributed by atoms with Gasteiger partial charge in [0.15, 0.2) is 0 Å². The molecule has 35 heavy (non-hydrogen) atoms. The number of benzene rings is 3. The molecule has 1 amide bonds. The van der Waals surface area contributed by atoms with E-state index < -0.39 is 5.91 Å². The van der Waals surface area contributed by atoms with E-state index in [-0.39, 0.29) is 11.0 Å². The van der Waals surface area contributed by atoms with Crippen molar-refractivity contribution in [2.45, 2.75) is 0 Å². The largest absolute Gasteiger partial charge is 0.497 e. The van der Waals surface area contributed by atoms with Gasteiger partial charge in [-0.15, -0.1) is 0 Å². The number of ether oxygens (including phenoxy) is 1. The number of carbonyl (C=O) groups is 1. The first kappa shape index (κ1) is 21.8. The SMILES string of the molecule is COc1ccc(-c2nn(-c3ccccc3)cc2C(=O)N/N=C/c2coc3ccccc3c2=O)cc1. The quantitative estimate of drug-likeness (QED) is 0.296.